The van der Waals surface area contributed by atoms with Crippen LogP contribution in [0.25, 0.3) is 0 Å². The average Bonchev–Trinajstić information content (AvgIpc) is 2.38. The fourth-order valence-electron chi connectivity index (χ4n) is 2.03. The van der Waals surface area contributed by atoms with Crippen molar-refractivity contribution < 1.29 is 19.8 Å². The first-order valence-corrected chi connectivity index (χ1v) is 6.11. The van der Waals surface area contributed by atoms with Gasteiger partial charge in [-0.2, -0.15) is 0 Å². The molecule has 6 heteroatoms. The Labute approximate surface area is 110 Å². The second-order valence-corrected chi connectivity index (χ2v) is 5.00. The summed E-state index contributed by atoms with van der Waals surface area (Å²) in [5, 5.41) is 18.7. The fraction of sp³-hybridized carbons (Fsp3) is 0.462. The molecular weight excluding hydrogens is 248 g/mol. The maximum atomic E-state index is 12.2. The van der Waals surface area contributed by atoms with E-state index < -0.39 is 11.6 Å². The number of carboxylic acids is 1. The monoisotopic (exact) mass is 264 g/mol. The fourth-order valence-corrected chi connectivity index (χ4v) is 2.03. The van der Waals surface area contributed by atoms with Crippen LogP contribution in [0, 0.1) is 0 Å². The van der Waals surface area contributed by atoms with E-state index in [1.165, 1.54) is 18.2 Å². The highest BCUT2D eigenvalue weighted by molar-refractivity contribution is 5.94. The topological polar surface area (TPSA) is 90.7 Å². The van der Waals surface area contributed by atoms with Crippen molar-refractivity contribution in [3.63, 3.8) is 0 Å². The molecule has 1 amide bonds. The van der Waals surface area contributed by atoms with Crippen LogP contribution in [-0.4, -0.2) is 50.7 Å². The molecule has 19 heavy (non-hydrogen) atoms. The van der Waals surface area contributed by atoms with Gasteiger partial charge in [0.15, 0.2) is 0 Å². The molecule has 1 saturated heterocycles. The molecule has 0 unspecified atom stereocenters. The predicted octanol–water partition coefficient (Wildman–Crippen LogP) is 0.767. The summed E-state index contributed by atoms with van der Waals surface area (Å²) in [6, 6.07) is 4.35. The van der Waals surface area contributed by atoms with Crippen LogP contribution in [0.1, 0.15) is 40.7 Å². The summed E-state index contributed by atoms with van der Waals surface area (Å²) in [7, 11) is 0. The molecule has 2 heterocycles. The highest BCUT2D eigenvalue weighted by Crippen LogP contribution is 2.22. The number of aliphatic hydroxyl groups is 1. The van der Waals surface area contributed by atoms with Gasteiger partial charge in [-0.05, 0) is 31.9 Å². The van der Waals surface area contributed by atoms with Gasteiger partial charge in [0.1, 0.15) is 11.4 Å². The van der Waals surface area contributed by atoms with Crippen LogP contribution in [0.2, 0.25) is 0 Å². The zero-order valence-corrected chi connectivity index (χ0v) is 10.7. The molecule has 1 aromatic rings. The molecule has 0 saturated carbocycles. The van der Waals surface area contributed by atoms with E-state index >= 15 is 0 Å². The molecular formula is C13H16N2O4. The third-order valence-corrected chi connectivity index (χ3v) is 3.32. The Bertz CT molecular complexity index is 503. The van der Waals surface area contributed by atoms with Gasteiger partial charge in [0.25, 0.3) is 5.91 Å². The number of carbonyl (C=O) groups excluding carboxylic acids is 1. The van der Waals surface area contributed by atoms with E-state index in [4.69, 9.17) is 5.11 Å². The van der Waals surface area contributed by atoms with Gasteiger partial charge in [-0.3, -0.25) is 4.79 Å². The van der Waals surface area contributed by atoms with Crippen LogP contribution < -0.4 is 0 Å². The molecule has 1 aliphatic heterocycles. The lowest BCUT2D eigenvalue weighted by Crippen LogP contribution is -2.45. The molecule has 0 radical (unpaired) electrons. The highest BCUT2D eigenvalue weighted by Gasteiger charge is 2.30. The molecule has 1 fully saturated rings. The largest absolute Gasteiger partial charge is 0.477 e. The summed E-state index contributed by atoms with van der Waals surface area (Å²) >= 11 is 0. The lowest BCUT2D eigenvalue weighted by molar-refractivity contribution is -0.00219. The maximum absolute atomic E-state index is 12.2. The van der Waals surface area contributed by atoms with Gasteiger partial charge in [0, 0.05) is 13.1 Å². The zero-order valence-electron chi connectivity index (χ0n) is 10.7. The van der Waals surface area contributed by atoms with Crippen LogP contribution in [0.15, 0.2) is 18.2 Å². The number of rotatable bonds is 2. The van der Waals surface area contributed by atoms with Gasteiger partial charge < -0.3 is 15.1 Å². The average molecular weight is 264 g/mol. The van der Waals surface area contributed by atoms with Gasteiger partial charge >= 0.3 is 5.97 Å². The minimum atomic E-state index is -1.16. The van der Waals surface area contributed by atoms with Crippen LogP contribution in [0.4, 0.5) is 0 Å². The molecule has 0 aromatic carbocycles. The first-order chi connectivity index (χ1) is 8.89. The van der Waals surface area contributed by atoms with Crippen molar-refractivity contribution >= 4 is 11.9 Å². The van der Waals surface area contributed by atoms with Gasteiger partial charge in [-0.1, -0.05) is 6.07 Å². The van der Waals surface area contributed by atoms with E-state index in [2.05, 4.69) is 4.98 Å². The molecule has 1 aliphatic rings. The third kappa shape index (κ3) is 3.08. The molecule has 1 aromatic heterocycles. The number of carboxylic acid groups (broad SMARTS) is 1. The van der Waals surface area contributed by atoms with E-state index in [0.29, 0.717) is 25.9 Å². The molecule has 2 rings (SSSR count). The first-order valence-electron chi connectivity index (χ1n) is 6.11. The van der Waals surface area contributed by atoms with E-state index in [9.17, 15) is 14.7 Å². The molecule has 0 bridgehead atoms. The minimum Gasteiger partial charge on any atom is -0.477 e. The second kappa shape index (κ2) is 4.97. The predicted molar refractivity (Wildman–Crippen MR) is 67.0 cm³/mol. The standard InChI is InChI=1S/C13H16N2O4/c1-13(19)5-7-15(8-6-13)11(16)9-3-2-4-10(14-9)12(17)18/h2-4,19H,5-8H2,1H3,(H,17,18). The molecule has 2 N–H and O–H groups in total. The van der Waals surface area contributed by atoms with Gasteiger partial charge in [-0.15, -0.1) is 0 Å². The number of carbonyl (C=O) groups is 2. The van der Waals surface area contributed by atoms with E-state index in [-0.39, 0.29) is 17.3 Å². The van der Waals surface area contributed by atoms with Crippen molar-refractivity contribution in [3.8, 4) is 0 Å². The number of hydrogen-bond acceptors (Lipinski definition) is 4. The van der Waals surface area contributed by atoms with Gasteiger partial charge in [0.05, 0.1) is 5.60 Å². The third-order valence-electron chi connectivity index (χ3n) is 3.32. The number of amides is 1. The van der Waals surface area contributed by atoms with Crippen molar-refractivity contribution in [2.24, 2.45) is 0 Å². The summed E-state index contributed by atoms with van der Waals surface area (Å²) in [5.74, 6) is -1.45. The Hall–Kier alpha value is -1.95. The van der Waals surface area contributed by atoms with Crippen LogP contribution in [-0.2, 0) is 0 Å². The van der Waals surface area contributed by atoms with Crippen molar-refractivity contribution in [1.82, 2.24) is 9.88 Å². The number of aromatic nitrogens is 1. The van der Waals surface area contributed by atoms with Gasteiger partial charge in [0.2, 0.25) is 0 Å². The number of likely N-dealkylation sites (tertiary alicyclic amines) is 1. The second-order valence-electron chi connectivity index (χ2n) is 5.00. The van der Waals surface area contributed by atoms with E-state index in [0.717, 1.165) is 0 Å². The summed E-state index contributed by atoms with van der Waals surface area (Å²) in [6.45, 7) is 2.65. The zero-order chi connectivity index (χ0) is 14.0. The molecule has 102 valence electrons. The molecule has 0 atom stereocenters. The van der Waals surface area contributed by atoms with Crippen molar-refractivity contribution in [1.29, 1.82) is 0 Å². The van der Waals surface area contributed by atoms with E-state index in [1.807, 2.05) is 0 Å². The summed E-state index contributed by atoms with van der Waals surface area (Å²) < 4.78 is 0. The first kappa shape index (κ1) is 13.5. The Balaban J connectivity index is 2.12. The number of nitrogens with zero attached hydrogens (tertiary/aromatic N) is 2. The Morgan fingerprint density at radius 3 is 2.42 bits per heavy atom. The lowest BCUT2D eigenvalue weighted by atomic mass is 9.94. The van der Waals surface area contributed by atoms with E-state index in [1.54, 1.807) is 11.8 Å². The number of aromatic carboxylic acids is 1. The highest BCUT2D eigenvalue weighted by atomic mass is 16.4. The SMILES string of the molecule is CC1(O)CCN(C(=O)c2cccc(C(=O)O)n2)CC1. The molecule has 6 nitrogen and oxygen atoms in total. The molecule has 0 aliphatic carbocycles. The number of hydrogen-bond donors (Lipinski definition) is 2. The lowest BCUT2D eigenvalue weighted by Gasteiger charge is -2.35. The van der Waals surface area contributed by atoms with Crippen molar-refractivity contribution in [3.05, 3.63) is 29.6 Å². The Morgan fingerprint density at radius 2 is 1.84 bits per heavy atom. The normalized spacial score (nSPS) is 18.1. The number of pyridine rings is 1. The van der Waals surface area contributed by atoms with Crippen LogP contribution in [0.5, 0.6) is 0 Å². The van der Waals surface area contributed by atoms with Crippen LogP contribution >= 0.6 is 0 Å². The minimum absolute atomic E-state index is 0.126. The summed E-state index contributed by atoms with van der Waals surface area (Å²) in [6.07, 6.45) is 1.02. The smallest absolute Gasteiger partial charge is 0.354 e. The number of piperidine rings is 1. The van der Waals surface area contributed by atoms with Crippen LogP contribution in [0.3, 0.4) is 0 Å². The Morgan fingerprint density at radius 1 is 1.26 bits per heavy atom. The van der Waals surface area contributed by atoms with Gasteiger partial charge in [-0.25, -0.2) is 9.78 Å². The van der Waals surface area contributed by atoms with Crippen molar-refractivity contribution in [2.75, 3.05) is 13.1 Å². The van der Waals surface area contributed by atoms with Crippen molar-refractivity contribution in [2.45, 2.75) is 25.4 Å². The molecule has 0 spiro atoms. The maximum Gasteiger partial charge on any atom is 0.354 e. The summed E-state index contributed by atoms with van der Waals surface area (Å²) in [4.78, 5) is 28.4. The quantitative estimate of drug-likeness (QED) is 0.823. The summed E-state index contributed by atoms with van der Waals surface area (Å²) in [5.41, 5.74) is -0.746. The Kier molecular flexibility index (Phi) is 3.53.